The monoisotopic (exact) mass is 172 g/mol. The van der Waals surface area contributed by atoms with Crippen molar-refractivity contribution in [3.8, 4) is 0 Å². The van der Waals surface area contributed by atoms with Crippen LogP contribution in [0.4, 0.5) is 0 Å². The summed E-state index contributed by atoms with van der Waals surface area (Å²) in [7, 11) is 0. The summed E-state index contributed by atoms with van der Waals surface area (Å²) >= 11 is 0. The fourth-order valence-electron chi connectivity index (χ4n) is 2.06. The van der Waals surface area contributed by atoms with Crippen LogP contribution in [-0.4, -0.2) is 30.2 Å². The van der Waals surface area contributed by atoms with Gasteiger partial charge in [0.1, 0.15) is 6.10 Å². The summed E-state index contributed by atoms with van der Waals surface area (Å²) in [5, 5.41) is 8.88. The van der Waals surface area contributed by atoms with Crippen molar-refractivity contribution in [1.29, 1.82) is 0 Å². The van der Waals surface area contributed by atoms with Gasteiger partial charge in [-0.2, -0.15) is 0 Å². The standard InChI is InChI=1S/C9H16O3/c10-6-8-7-11-9(12-8)4-2-1-3-5-9/h8,10H,1-7H2/t8-/m0/s1. The largest absolute Gasteiger partial charge is 0.394 e. The van der Waals surface area contributed by atoms with Gasteiger partial charge in [-0.05, 0) is 12.8 Å². The molecular formula is C9H16O3. The van der Waals surface area contributed by atoms with Gasteiger partial charge in [0, 0.05) is 12.8 Å². The van der Waals surface area contributed by atoms with E-state index in [9.17, 15) is 0 Å². The lowest BCUT2D eigenvalue weighted by Gasteiger charge is -2.31. The van der Waals surface area contributed by atoms with E-state index in [0.29, 0.717) is 6.61 Å². The maximum absolute atomic E-state index is 8.88. The van der Waals surface area contributed by atoms with Crippen LogP contribution in [0.5, 0.6) is 0 Å². The lowest BCUT2D eigenvalue weighted by atomic mass is 9.94. The Hall–Kier alpha value is -0.120. The molecule has 2 rings (SSSR count). The Morgan fingerprint density at radius 1 is 1.25 bits per heavy atom. The van der Waals surface area contributed by atoms with Gasteiger partial charge in [-0.25, -0.2) is 0 Å². The van der Waals surface area contributed by atoms with Crippen LogP contribution < -0.4 is 0 Å². The van der Waals surface area contributed by atoms with E-state index in [0.717, 1.165) is 12.8 Å². The highest BCUT2D eigenvalue weighted by Gasteiger charge is 2.41. The normalized spacial score (nSPS) is 34.2. The fourth-order valence-corrected chi connectivity index (χ4v) is 2.06. The average molecular weight is 172 g/mol. The molecule has 1 atom stereocenters. The van der Waals surface area contributed by atoms with Crippen molar-refractivity contribution in [3.05, 3.63) is 0 Å². The van der Waals surface area contributed by atoms with E-state index in [1.165, 1.54) is 19.3 Å². The number of rotatable bonds is 1. The van der Waals surface area contributed by atoms with E-state index in [4.69, 9.17) is 14.6 Å². The first-order valence-corrected chi connectivity index (χ1v) is 4.77. The third-order valence-electron chi connectivity index (χ3n) is 2.73. The molecule has 3 heteroatoms. The lowest BCUT2D eigenvalue weighted by molar-refractivity contribution is -0.189. The van der Waals surface area contributed by atoms with Crippen LogP contribution in [0, 0.1) is 0 Å². The molecule has 1 aliphatic heterocycles. The molecule has 0 bridgehead atoms. The third-order valence-corrected chi connectivity index (χ3v) is 2.73. The molecule has 12 heavy (non-hydrogen) atoms. The summed E-state index contributed by atoms with van der Waals surface area (Å²) < 4.78 is 11.3. The van der Waals surface area contributed by atoms with Crippen molar-refractivity contribution < 1.29 is 14.6 Å². The highest BCUT2D eigenvalue weighted by Crippen LogP contribution is 2.37. The number of hydrogen-bond acceptors (Lipinski definition) is 3. The molecule has 0 unspecified atom stereocenters. The van der Waals surface area contributed by atoms with Crippen LogP contribution in [0.25, 0.3) is 0 Å². The van der Waals surface area contributed by atoms with Gasteiger partial charge in [-0.15, -0.1) is 0 Å². The van der Waals surface area contributed by atoms with Gasteiger partial charge in [0.05, 0.1) is 13.2 Å². The van der Waals surface area contributed by atoms with Crippen LogP contribution in [0.2, 0.25) is 0 Å². The topological polar surface area (TPSA) is 38.7 Å². The minimum absolute atomic E-state index is 0.0805. The Kier molecular flexibility index (Phi) is 2.35. The maximum atomic E-state index is 8.88. The second kappa shape index (κ2) is 3.32. The summed E-state index contributed by atoms with van der Waals surface area (Å²) in [6, 6.07) is 0. The van der Waals surface area contributed by atoms with E-state index in [-0.39, 0.29) is 18.5 Å². The Morgan fingerprint density at radius 2 is 2.00 bits per heavy atom. The molecule has 1 aliphatic carbocycles. The van der Waals surface area contributed by atoms with Gasteiger partial charge in [0.25, 0.3) is 0 Å². The highest BCUT2D eigenvalue weighted by atomic mass is 16.7. The van der Waals surface area contributed by atoms with E-state index < -0.39 is 0 Å². The van der Waals surface area contributed by atoms with Gasteiger partial charge in [-0.3, -0.25) is 0 Å². The second-order valence-electron chi connectivity index (χ2n) is 3.70. The summed E-state index contributed by atoms with van der Waals surface area (Å²) in [5.41, 5.74) is 0. The molecular weight excluding hydrogens is 156 g/mol. The fraction of sp³-hybridized carbons (Fsp3) is 1.00. The smallest absolute Gasteiger partial charge is 0.169 e. The zero-order valence-electron chi connectivity index (χ0n) is 7.29. The molecule has 0 aromatic carbocycles. The second-order valence-corrected chi connectivity index (χ2v) is 3.70. The minimum Gasteiger partial charge on any atom is -0.394 e. The van der Waals surface area contributed by atoms with E-state index in [2.05, 4.69) is 0 Å². The summed E-state index contributed by atoms with van der Waals surface area (Å²) in [6.07, 6.45) is 5.60. The lowest BCUT2D eigenvalue weighted by Crippen LogP contribution is -2.33. The first kappa shape index (κ1) is 8.48. The van der Waals surface area contributed by atoms with Gasteiger partial charge in [0.2, 0.25) is 0 Å². The molecule has 3 nitrogen and oxygen atoms in total. The van der Waals surface area contributed by atoms with Gasteiger partial charge < -0.3 is 14.6 Å². The molecule has 1 spiro atoms. The third kappa shape index (κ3) is 1.49. The van der Waals surface area contributed by atoms with Crippen molar-refractivity contribution >= 4 is 0 Å². The van der Waals surface area contributed by atoms with Gasteiger partial charge in [-0.1, -0.05) is 6.42 Å². The zero-order chi connectivity index (χ0) is 8.44. The summed E-state index contributed by atoms with van der Waals surface area (Å²) in [4.78, 5) is 0. The molecule has 1 saturated carbocycles. The van der Waals surface area contributed by atoms with Crippen LogP contribution in [-0.2, 0) is 9.47 Å². The zero-order valence-corrected chi connectivity index (χ0v) is 7.29. The molecule has 2 fully saturated rings. The first-order valence-electron chi connectivity index (χ1n) is 4.77. The quantitative estimate of drug-likeness (QED) is 0.642. The van der Waals surface area contributed by atoms with Gasteiger partial charge in [0.15, 0.2) is 5.79 Å². The van der Waals surface area contributed by atoms with E-state index in [1.54, 1.807) is 0 Å². The van der Waals surface area contributed by atoms with Crippen molar-refractivity contribution in [2.24, 2.45) is 0 Å². The SMILES string of the molecule is OC[C@H]1COC2(CCCCC2)O1. The summed E-state index contributed by atoms with van der Waals surface area (Å²) in [5.74, 6) is -0.314. The van der Waals surface area contributed by atoms with Crippen molar-refractivity contribution in [2.45, 2.75) is 44.0 Å². The molecule has 0 aromatic rings. The van der Waals surface area contributed by atoms with Crippen molar-refractivity contribution in [1.82, 2.24) is 0 Å². The maximum Gasteiger partial charge on any atom is 0.169 e. The molecule has 0 aromatic heterocycles. The van der Waals surface area contributed by atoms with Crippen molar-refractivity contribution in [3.63, 3.8) is 0 Å². The molecule has 0 radical (unpaired) electrons. The number of ether oxygens (including phenoxy) is 2. The van der Waals surface area contributed by atoms with Crippen molar-refractivity contribution in [2.75, 3.05) is 13.2 Å². The van der Waals surface area contributed by atoms with Gasteiger partial charge >= 0.3 is 0 Å². The summed E-state index contributed by atoms with van der Waals surface area (Å²) in [6.45, 7) is 0.651. The Labute approximate surface area is 72.7 Å². The van der Waals surface area contributed by atoms with E-state index >= 15 is 0 Å². The van der Waals surface area contributed by atoms with Crippen LogP contribution in [0.1, 0.15) is 32.1 Å². The first-order chi connectivity index (χ1) is 5.85. The van der Waals surface area contributed by atoms with Crippen LogP contribution in [0.15, 0.2) is 0 Å². The van der Waals surface area contributed by atoms with E-state index in [1.807, 2.05) is 0 Å². The molecule has 1 heterocycles. The Morgan fingerprint density at radius 3 is 2.58 bits per heavy atom. The average Bonchev–Trinajstić information content (AvgIpc) is 2.50. The molecule has 1 saturated heterocycles. The number of hydrogen-bond donors (Lipinski definition) is 1. The molecule has 1 N–H and O–H groups in total. The Bertz CT molecular complexity index is 152. The Balaban J connectivity index is 1.94. The van der Waals surface area contributed by atoms with Crippen LogP contribution in [0.3, 0.4) is 0 Å². The number of aliphatic hydroxyl groups is 1. The minimum atomic E-state index is -0.314. The predicted molar refractivity (Wildman–Crippen MR) is 43.7 cm³/mol. The number of aliphatic hydroxyl groups excluding tert-OH is 1. The molecule has 0 amide bonds. The molecule has 70 valence electrons. The molecule has 2 aliphatic rings. The highest BCUT2D eigenvalue weighted by molar-refractivity contribution is 4.81. The van der Waals surface area contributed by atoms with Crippen LogP contribution >= 0.6 is 0 Å². The predicted octanol–water partition coefficient (Wildman–Crippen LogP) is 1.05.